The van der Waals surface area contributed by atoms with E-state index in [2.05, 4.69) is 4.98 Å². The molecule has 0 saturated carbocycles. The maximum absolute atomic E-state index is 13.3. The number of sulfone groups is 1. The number of carbonyl (C=O) groups excluding carboxylic acids is 2. The summed E-state index contributed by atoms with van der Waals surface area (Å²) in [6.45, 7) is 0. The molecule has 1 unspecified atom stereocenters. The Morgan fingerprint density at radius 1 is 1.00 bits per heavy atom. The van der Waals surface area contributed by atoms with Crippen molar-refractivity contribution in [2.45, 2.75) is 15.1 Å². The number of aromatic nitrogens is 1. The van der Waals surface area contributed by atoms with Crippen LogP contribution in [0.25, 0.3) is 5.76 Å². The van der Waals surface area contributed by atoms with Gasteiger partial charge in [-0.3, -0.25) is 14.5 Å². The number of benzene rings is 3. The number of carbonyl (C=O) groups is 2. The summed E-state index contributed by atoms with van der Waals surface area (Å²) in [5, 5.41) is 30.4. The van der Waals surface area contributed by atoms with Crippen molar-refractivity contribution in [1.29, 1.82) is 0 Å². The molecule has 2 heterocycles. The molecule has 13 heteroatoms. The van der Waals surface area contributed by atoms with Gasteiger partial charge in [0.25, 0.3) is 5.78 Å². The molecule has 0 bridgehead atoms. The van der Waals surface area contributed by atoms with Crippen LogP contribution in [0, 0.1) is 0 Å². The van der Waals surface area contributed by atoms with Crippen LogP contribution in [0.2, 0.25) is 5.02 Å². The van der Waals surface area contributed by atoms with Crippen molar-refractivity contribution in [3.05, 3.63) is 94.6 Å². The molecule has 10 nitrogen and oxygen atoms in total. The Bertz CT molecular complexity index is 1770. The van der Waals surface area contributed by atoms with Crippen LogP contribution in [0.15, 0.2) is 87.6 Å². The molecule has 3 aromatic carbocycles. The summed E-state index contributed by atoms with van der Waals surface area (Å²) in [6, 6.07) is 13.6. The summed E-state index contributed by atoms with van der Waals surface area (Å²) in [6.07, 6.45) is 1.06. The number of amides is 1. The zero-order chi connectivity index (χ0) is 28.1. The number of aliphatic hydroxyl groups is 1. The highest BCUT2D eigenvalue weighted by molar-refractivity contribution is 7.93. The monoisotopic (exact) mass is 583 g/mol. The van der Waals surface area contributed by atoms with Crippen LogP contribution < -0.4 is 10.6 Å². The molecule has 39 heavy (non-hydrogen) atoms. The second kappa shape index (κ2) is 9.73. The average molecular weight is 584 g/mol. The molecule has 0 radical (unpaired) electrons. The van der Waals surface area contributed by atoms with Crippen molar-refractivity contribution < 1.29 is 33.3 Å². The normalized spacial score (nSPS) is 17.1. The van der Waals surface area contributed by atoms with Crippen LogP contribution in [0.1, 0.15) is 17.2 Å². The zero-order valence-corrected chi connectivity index (χ0v) is 22.0. The first-order valence-corrected chi connectivity index (χ1v) is 13.8. The lowest BCUT2D eigenvalue weighted by atomic mass is 9.95. The standard InChI is InChI=1S/C26H18ClN3O7S2/c27-18-11-14(3-10-19(18)32)22-21(23(33)13-1-4-15(28)5-2-13)24(34)25(35)30(22)26-29-12-20(38-26)39(36,37)17-8-6-16(31)7-9-17/h1-12,22,31-33H,28H2. The predicted molar refractivity (Wildman–Crippen MR) is 144 cm³/mol. The fourth-order valence-electron chi connectivity index (χ4n) is 4.06. The summed E-state index contributed by atoms with van der Waals surface area (Å²) in [5.41, 5.74) is 6.33. The number of thiazole rings is 1. The number of phenolic OH excluding ortho intramolecular Hbond substituents is 2. The fourth-order valence-corrected chi connectivity index (χ4v) is 6.80. The minimum absolute atomic E-state index is 0.0692. The van der Waals surface area contributed by atoms with E-state index in [0.29, 0.717) is 17.0 Å². The molecule has 1 amide bonds. The van der Waals surface area contributed by atoms with E-state index < -0.39 is 33.3 Å². The number of aromatic hydroxyl groups is 2. The number of nitrogens with two attached hydrogens (primary N) is 1. The number of hydrogen-bond acceptors (Lipinski definition) is 10. The first-order chi connectivity index (χ1) is 18.5. The lowest BCUT2D eigenvalue weighted by molar-refractivity contribution is -0.132. The van der Waals surface area contributed by atoms with Crippen LogP contribution in [0.3, 0.4) is 0 Å². The Morgan fingerprint density at radius 3 is 2.31 bits per heavy atom. The zero-order valence-electron chi connectivity index (χ0n) is 19.6. The highest BCUT2D eigenvalue weighted by Gasteiger charge is 2.48. The number of rotatable bonds is 5. The number of hydrogen-bond donors (Lipinski definition) is 4. The van der Waals surface area contributed by atoms with Crippen LogP contribution >= 0.6 is 22.9 Å². The first-order valence-electron chi connectivity index (χ1n) is 11.1. The Hall–Kier alpha value is -4.39. The Kier molecular flexibility index (Phi) is 6.54. The summed E-state index contributed by atoms with van der Waals surface area (Å²) in [7, 11) is -4.07. The van der Waals surface area contributed by atoms with Gasteiger partial charge in [0.05, 0.1) is 27.7 Å². The molecule has 0 aliphatic carbocycles. The maximum Gasteiger partial charge on any atom is 0.301 e. The van der Waals surface area contributed by atoms with Gasteiger partial charge in [-0.25, -0.2) is 13.4 Å². The van der Waals surface area contributed by atoms with E-state index in [1.165, 1.54) is 66.7 Å². The van der Waals surface area contributed by atoms with Crippen molar-refractivity contribution in [1.82, 2.24) is 4.98 Å². The molecule has 5 rings (SSSR count). The quantitative estimate of drug-likeness (QED) is 0.116. The Labute approximate surface area is 230 Å². The van der Waals surface area contributed by atoms with Crippen molar-refractivity contribution in [3.8, 4) is 11.5 Å². The number of halogens is 1. The molecular weight excluding hydrogens is 566 g/mol. The van der Waals surface area contributed by atoms with Crippen molar-refractivity contribution in [3.63, 3.8) is 0 Å². The number of ketones is 1. The summed E-state index contributed by atoms with van der Waals surface area (Å²) < 4.78 is 26.1. The number of anilines is 2. The molecule has 4 aromatic rings. The van der Waals surface area contributed by atoms with Gasteiger partial charge in [-0.05, 0) is 66.2 Å². The first kappa shape index (κ1) is 26.2. The minimum atomic E-state index is -4.07. The SMILES string of the molecule is Nc1ccc(C(O)=C2C(=O)C(=O)N(c3ncc(S(=O)(=O)c4ccc(O)cc4)s3)C2c2ccc(O)c(Cl)c2)cc1. The molecule has 1 aliphatic rings. The van der Waals surface area contributed by atoms with Gasteiger partial charge in [0.15, 0.2) is 5.13 Å². The summed E-state index contributed by atoms with van der Waals surface area (Å²) in [5.74, 6) is -2.93. The van der Waals surface area contributed by atoms with Gasteiger partial charge in [0.2, 0.25) is 9.84 Å². The topological polar surface area (TPSA) is 171 Å². The number of nitrogen functional groups attached to an aromatic ring is 1. The second-order valence-corrected chi connectivity index (χ2v) is 12.1. The van der Waals surface area contributed by atoms with E-state index in [4.69, 9.17) is 17.3 Å². The number of nitrogens with zero attached hydrogens (tertiary/aromatic N) is 2. The molecule has 1 saturated heterocycles. The van der Waals surface area contributed by atoms with E-state index in [9.17, 15) is 33.3 Å². The van der Waals surface area contributed by atoms with E-state index in [-0.39, 0.29) is 47.5 Å². The van der Waals surface area contributed by atoms with Gasteiger partial charge in [0, 0.05) is 11.3 Å². The Balaban J connectivity index is 1.67. The van der Waals surface area contributed by atoms with Crippen molar-refractivity contribution in [2.24, 2.45) is 0 Å². The summed E-state index contributed by atoms with van der Waals surface area (Å²) >= 11 is 6.77. The van der Waals surface area contributed by atoms with Crippen molar-refractivity contribution in [2.75, 3.05) is 10.6 Å². The molecule has 0 spiro atoms. The maximum atomic E-state index is 13.3. The van der Waals surface area contributed by atoms with Crippen LogP contribution in [0.4, 0.5) is 10.8 Å². The van der Waals surface area contributed by atoms with Gasteiger partial charge >= 0.3 is 5.91 Å². The van der Waals surface area contributed by atoms with Gasteiger partial charge in [-0.15, -0.1) is 0 Å². The molecular formula is C26H18ClN3O7S2. The van der Waals surface area contributed by atoms with Crippen molar-refractivity contribution >= 4 is 61.0 Å². The molecule has 1 atom stereocenters. The van der Waals surface area contributed by atoms with Gasteiger partial charge in [0.1, 0.15) is 21.5 Å². The third-order valence-electron chi connectivity index (χ3n) is 6.01. The molecule has 5 N–H and O–H groups in total. The average Bonchev–Trinajstić information content (AvgIpc) is 3.50. The molecule has 1 aromatic heterocycles. The van der Waals surface area contributed by atoms with Crippen LogP contribution in [-0.4, -0.2) is 40.4 Å². The molecule has 1 aliphatic heterocycles. The van der Waals surface area contributed by atoms with Gasteiger partial charge < -0.3 is 21.1 Å². The lowest BCUT2D eigenvalue weighted by Gasteiger charge is -2.23. The third-order valence-corrected chi connectivity index (χ3v) is 9.54. The third kappa shape index (κ3) is 4.58. The largest absolute Gasteiger partial charge is 0.508 e. The second-order valence-electron chi connectivity index (χ2n) is 8.46. The lowest BCUT2D eigenvalue weighted by Crippen LogP contribution is -2.29. The predicted octanol–water partition coefficient (Wildman–Crippen LogP) is 4.25. The van der Waals surface area contributed by atoms with Crippen LogP contribution in [-0.2, 0) is 19.4 Å². The number of aliphatic hydroxyl groups excluding tert-OH is 1. The number of phenols is 2. The van der Waals surface area contributed by atoms with E-state index in [1.54, 1.807) is 0 Å². The van der Waals surface area contributed by atoms with E-state index in [1.807, 2.05) is 0 Å². The minimum Gasteiger partial charge on any atom is -0.508 e. The highest BCUT2D eigenvalue weighted by Crippen LogP contribution is 2.45. The van der Waals surface area contributed by atoms with Gasteiger partial charge in [-0.1, -0.05) is 29.0 Å². The van der Waals surface area contributed by atoms with E-state index in [0.717, 1.165) is 11.1 Å². The Morgan fingerprint density at radius 2 is 1.67 bits per heavy atom. The fraction of sp³-hybridized carbons (Fsp3) is 0.0385. The highest BCUT2D eigenvalue weighted by atomic mass is 35.5. The smallest absolute Gasteiger partial charge is 0.301 e. The number of Topliss-reactive ketones (excluding diaryl/α,β-unsaturated/α-hetero) is 1. The van der Waals surface area contributed by atoms with E-state index >= 15 is 0 Å². The molecule has 198 valence electrons. The van der Waals surface area contributed by atoms with Gasteiger partial charge in [-0.2, -0.15) is 0 Å². The van der Waals surface area contributed by atoms with Crippen LogP contribution in [0.5, 0.6) is 11.5 Å². The summed E-state index contributed by atoms with van der Waals surface area (Å²) in [4.78, 5) is 31.6. The molecule has 1 fully saturated rings.